The van der Waals surface area contributed by atoms with Crippen LogP contribution in [0.25, 0.3) is 0 Å². The van der Waals surface area contributed by atoms with E-state index in [1.807, 2.05) is 0 Å². The van der Waals surface area contributed by atoms with Crippen LogP contribution in [0, 0.1) is 0 Å². The van der Waals surface area contributed by atoms with E-state index in [1.165, 1.54) is 4.67 Å². The molecule has 0 bridgehead atoms. The van der Waals surface area contributed by atoms with Crippen LogP contribution in [-0.4, -0.2) is 40.9 Å². The standard InChI is InChI=1S/C7H13Br2N2O3P/c8-2-3-10-15(13)11(7(12)6-9)4-1-5-14-15/h1-6H2,(H,10,13). The molecular formula is C7H13Br2N2O3P. The average Bonchev–Trinajstić information content (AvgIpc) is 2.26. The summed E-state index contributed by atoms with van der Waals surface area (Å²) in [6.07, 6.45) is 0.721. The number of hydrogen-bond donors (Lipinski definition) is 1. The minimum atomic E-state index is -3.14. The molecule has 0 aromatic heterocycles. The van der Waals surface area contributed by atoms with E-state index in [-0.39, 0.29) is 11.2 Å². The predicted molar refractivity (Wildman–Crippen MR) is 65.5 cm³/mol. The maximum absolute atomic E-state index is 12.3. The lowest BCUT2D eigenvalue weighted by atomic mass is 10.4. The Hall–Kier alpha value is 0.580. The van der Waals surface area contributed by atoms with Gasteiger partial charge in [-0.25, -0.2) is 9.65 Å². The summed E-state index contributed by atoms with van der Waals surface area (Å²) in [6.45, 7) is 1.42. The fourth-order valence-electron chi connectivity index (χ4n) is 1.26. The summed E-state index contributed by atoms with van der Waals surface area (Å²) in [5.74, 6) is -0.208. The molecule has 0 aromatic rings. The topological polar surface area (TPSA) is 58.6 Å². The van der Waals surface area contributed by atoms with Crippen LogP contribution in [0.2, 0.25) is 0 Å². The summed E-state index contributed by atoms with van der Waals surface area (Å²) < 4.78 is 18.8. The third-order valence-electron chi connectivity index (χ3n) is 1.91. The zero-order valence-corrected chi connectivity index (χ0v) is 12.2. The van der Waals surface area contributed by atoms with Crippen LogP contribution in [0.4, 0.5) is 0 Å². The van der Waals surface area contributed by atoms with Gasteiger partial charge < -0.3 is 4.52 Å². The van der Waals surface area contributed by atoms with Crippen LogP contribution >= 0.6 is 39.5 Å². The van der Waals surface area contributed by atoms with Gasteiger partial charge in [-0.2, -0.15) is 0 Å². The van der Waals surface area contributed by atoms with E-state index in [2.05, 4.69) is 36.9 Å². The number of hydrogen-bond acceptors (Lipinski definition) is 3. The molecule has 0 radical (unpaired) electrons. The normalized spacial score (nSPS) is 26.7. The Kier molecular flexibility index (Phi) is 5.77. The first-order valence-corrected chi connectivity index (χ1v) is 8.38. The van der Waals surface area contributed by atoms with Crippen molar-refractivity contribution in [3.8, 4) is 0 Å². The van der Waals surface area contributed by atoms with Gasteiger partial charge >= 0.3 is 7.67 Å². The number of rotatable bonds is 4. The summed E-state index contributed by atoms with van der Waals surface area (Å²) in [5.41, 5.74) is 0. The molecule has 1 saturated heterocycles. The predicted octanol–water partition coefficient (Wildman–Crippen LogP) is 1.72. The fraction of sp³-hybridized carbons (Fsp3) is 0.857. The first-order chi connectivity index (χ1) is 7.14. The summed E-state index contributed by atoms with van der Waals surface area (Å²) in [5, 5.41) is 3.61. The second-order valence-corrected chi connectivity index (χ2v) is 6.41. The molecule has 1 aliphatic rings. The van der Waals surface area contributed by atoms with E-state index in [0.717, 1.165) is 6.42 Å². The third-order valence-corrected chi connectivity index (χ3v) is 5.00. The lowest BCUT2D eigenvalue weighted by Gasteiger charge is -2.34. The molecule has 1 fully saturated rings. The van der Waals surface area contributed by atoms with Crippen molar-refractivity contribution < 1.29 is 13.9 Å². The Morgan fingerprint density at radius 3 is 2.87 bits per heavy atom. The highest BCUT2D eigenvalue weighted by Crippen LogP contribution is 2.49. The van der Waals surface area contributed by atoms with Gasteiger partial charge in [0.15, 0.2) is 0 Å². The van der Waals surface area contributed by atoms with Gasteiger partial charge in [-0.3, -0.25) is 9.46 Å². The van der Waals surface area contributed by atoms with Crippen molar-refractivity contribution in [2.24, 2.45) is 0 Å². The molecule has 0 spiro atoms. The smallest absolute Gasteiger partial charge is 0.302 e. The number of nitrogens with one attached hydrogen (secondary N) is 1. The van der Waals surface area contributed by atoms with Gasteiger partial charge in [0, 0.05) is 18.4 Å². The van der Waals surface area contributed by atoms with Gasteiger partial charge in [0.05, 0.1) is 11.9 Å². The number of halogens is 2. The van der Waals surface area contributed by atoms with Crippen LogP contribution in [-0.2, 0) is 13.9 Å². The van der Waals surface area contributed by atoms with Gasteiger partial charge in [-0.15, -0.1) is 0 Å². The lowest BCUT2D eigenvalue weighted by Crippen LogP contribution is -2.39. The second-order valence-electron chi connectivity index (χ2n) is 2.95. The fourth-order valence-corrected chi connectivity index (χ4v) is 4.20. The molecule has 8 heteroatoms. The van der Waals surface area contributed by atoms with Crippen molar-refractivity contribution in [3.63, 3.8) is 0 Å². The molecular weight excluding hydrogens is 351 g/mol. The highest BCUT2D eigenvalue weighted by molar-refractivity contribution is 9.09. The number of carbonyl (C=O) groups is 1. The number of alkyl halides is 2. The quantitative estimate of drug-likeness (QED) is 0.610. The number of amides is 1. The zero-order valence-electron chi connectivity index (χ0n) is 8.12. The summed E-state index contributed by atoms with van der Waals surface area (Å²) >= 11 is 6.29. The summed E-state index contributed by atoms with van der Waals surface area (Å²) in [7, 11) is -3.14. The maximum atomic E-state index is 12.3. The molecule has 1 unspecified atom stereocenters. The average molecular weight is 364 g/mol. The SMILES string of the molecule is O=C(CBr)N1CCCOP1(=O)NCCBr. The largest absolute Gasteiger partial charge is 0.370 e. The van der Waals surface area contributed by atoms with E-state index >= 15 is 0 Å². The Balaban J connectivity index is 2.72. The van der Waals surface area contributed by atoms with Crippen molar-refractivity contribution in [2.45, 2.75) is 6.42 Å². The van der Waals surface area contributed by atoms with E-state index in [9.17, 15) is 9.36 Å². The summed E-state index contributed by atoms with van der Waals surface area (Å²) in [4.78, 5) is 11.5. The van der Waals surface area contributed by atoms with Crippen LogP contribution in [0.15, 0.2) is 0 Å². The molecule has 0 aliphatic carbocycles. The monoisotopic (exact) mass is 362 g/mol. The van der Waals surface area contributed by atoms with Crippen LogP contribution < -0.4 is 5.09 Å². The first-order valence-electron chi connectivity index (χ1n) is 4.56. The van der Waals surface area contributed by atoms with Crippen LogP contribution in [0.5, 0.6) is 0 Å². The van der Waals surface area contributed by atoms with E-state index < -0.39 is 7.67 Å². The lowest BCUT2D eigenvalue weighted by molar-refractivity contribution is -0.125. The Morgan fingerprint density at radius 1 is 1.53 bits per heavy atom. The first kappa shape index (κ1) is 13.6. The van der Waals surface area contributed by atoms with Gasteiger partial charge in [-0.05, 0) is 6.42 Å². The minimum absolute atomic E-state index is 0.163. The molecule has 1 rings (SSSR count). The van der Waals surface area contributed by atoms with Crippen molar-refractivity contribution in [2.75, 3.05) is 30.4 Å². The second kappa shape index (κ2) is 6.35. The van der Waals surface area contributed by atoms with Crippen molar-refractivity contribution >= 4 is 45.4 Å². The molecule has 1 amide bonds. The highest BCUT2D eigenvalue weighted by Gasteiger charge is 2.37. The van der Waals surface area contributed by atoms with E-state index in [0.29, 0.717) is 25.0 Å². The Bertz CT molecular complexity index is 277. The highest BCUT2D eigenvalue weighted by atomic mass is 79.9. The zero-order chi connectivity index (χ0) is 11.3. The van der Waals surface area contributed by atoms with Gasteiger partial charge in [0.1, 0.15) is 0 Å². The molecule has 0 aromatic carbocycles. The van der Waals surface area contributed by atoms with Gasteiger partial charge in [-0.1, -0.05) is 31.9 Å². The molecule has 1 atom stereocenters. The molecule has 1 heterocycles. The molecule has 1 N–H and O–H groups in total. The Labute approximate surface area is 106 Å². The van der Waals surface area contributed by atoms with Crippen LogP contribution in [0.1, 0.15) is 6.42 Å². The van der Waals surface area contributed by atoms with E-state index in [1.54, 1.807) is 0 Å². The third kappa shape index (κ3) is 3.53. The number of nitrogens with zero attached hydrogens (tertiary/aromatic N) is 1. The molecule has 0 saturated carbocycles. The van der Waals surface area contributed by atoms with Crippen molar-refractivity contribution in [3.05, 3.63) is 0 Å². The van der Waals surface area contributed by atoms with Gasteiger partial charge in [0.2, 0.25) is 5.91 Å². The summed E-state index contributed by atoms with van der Waals surface area (Å²) in [6, 6.07) is 0. The molecule has 15 heavy (non-hydrogen) atoms. The van der Waals surface area contributed by atoms with E-state index in [4.69, 9.17) is 4.52 Å². The maximum Gasteiger partial charge on any atom is 0.370 e. The van der Waals surface area contributed by atoms with Gasteiger partial charge in [0.25, 0.3) is 0 Å². The Morgan fingerprint density at radius 2 is 2.27 bits per heavy atom. The molecule has 88 valence electrons. The van der Waals surface area contributed by atoms with Crippen LogP contribution in [0.3, 0.4) is 0 Å². The minimum Gasteiger partial charge on any atom is -0.302 e. The molecule has 5 nitrogen and oxygen atoms in total. The molecule has 1 aliphatic heterocycles. The van der Waals surface area contributed by atoms with Crippen molar-refractivity contribution in [1.29, 1.82) is 0 Å². The van der Waals surface area contributed by atoms with Crippen molar-refractivity contribution in [1.82, 2.24) is 9.76 Å². The number of carbonyl (C=O) groups excluding carboxylic acids is 1.